The molecule has 0 aliphatic rings. The van der Waals surface area contributed by atoms with Crippen LogP contribution in [0.15, 0.2) is 42.7 Å². The first-order valence-corrected chi connectivity index (χ1v) is 6.11. The molecule has 0 amide bonds. The Morgan fingerprint density at radius 2 is 2.00 bits per heavy atom. The van der Waals surface area contributed by atoms with Crippen molar-refractivity contribution in [2.75, 3.05) is 11.9 Å². The van der Waals surface area contributed by atoms with Crippen molar-refractivity contribution < 1.29 is 14.8 Å². The largest absolute Gasteiger partial charge is 0.478 e. The van der Waals surface area contributed by atoms with Crippen LogP contribution in [0.3, 0.4) is 0 Å². The molecule has 7 nitrogen and oxygen atoms in total. The van der Waals surface area contributed by atoms with Crippen molar-refractivity contribution >= 4 is 17.3 Å². The van der Waals surface area contributed by atoms with Crippen molar-refractivity contribution in [3.8, 4) is 0 Å². The van der Waals surface area contributed by atoms with Gasteiger partial charge in [-0.3, -0.25) is 15.1 Å². The number of carboxylic acid groups (broad SMARTS) is 1. The number of rotatable bonds is 5. The molecule has 1 heterocycles. The zero-order valence-electron chi connectivity index (χ0n) is 11.3. The molecule has 2 rings (SSSR count). The number of carbonyl (C=O) groups is 1. The van der Waals surface area contributed by atoms with Gasteiger partial charge in [-0.25, -0.2) is 4.79 Å². The van der Waals surface area contributed by atoms with E-state index in [9.17, 15) is 14.9 Å². The second kappa shape index (κ2) is 6.00. The topological polar surface area (TPSA) is 96.6 Å². The Hall–Kier alpha value is -2.96. The maximum atomic E-state index is 11.1. The van der Waals surface area contributed by atoms with Crippen LogP contribution in [0.1, 0.15) is 15.9 Å². The number of benzene rings is 1. The molecule has 0 aliphatic carbocycles. The number of hydrogen-bond acceptors (Lipinski definition) is 5. The van der Waals surface area contributed by atoms with Crippen LogP contribution in [0.2, 0.25) is 0 Å². The number of nitrogens with zero attached hydrogens (tertiary/aromatic N) is 3. The van der Waals surface area contributed by atoms with E-state index in [4.69, 9.17) is 5.11 Å². The molecule has 108 valence electrons. The van der Waals surface area contributed by atoms with Crippen molar-refractivity contribution in [2.24, 2.45) is 0 Å². The van der Waals surface area contributed by atoms with Gasteiger partial charge < -0.3 is 10.0 Å². The number of nitro benzene ring substituents is 1. The number of aromatic carboxylic acids is 1. The van der Waals surface area contributed by atoms with E-state index in [1.54, 1.807) is 36.5 Å². The molecular weight excluding hydrogens is 274 g/mol. The molecule has 0 saturated heterocycles. The van der Waals surface area contributed by atoms with Crippen LogP contribution in [0, 0.1) is 10.1 Å². The van der Waals surface area contributed by atoms with E-state index in [-0.39, 0.29) is 16.9 Å². The van der Waals surface area contributed by atoms with E-state index < -0.39 is 10.9 Å². The van der Waals surface area contributed by atoms with Gasteiger partial charge in [0.25, 0.3) is 5.69 Å². The lowest BCUT2D eigenvalue weighted by Gasteiger charge is -2.19. The highest BCUT2D eigenvalue weighted by Crippen LogP contribution is 2.29. The summed E-state index contributed by atoms with van der Waals surface area (Å²) >= 11 is 0. The molecule has 7 heteroatoms. The minimum Gasteiger partial charge on any atom is -0.478 e. The number of pyridine rings is 1. The van der Waals surface area contributed by atoms with Crippen LogP contribution in [-0.4, -0.2) is 28.0 Å². The van der Waals surface area contributed by atoms with E-state index in [1.165, 1.54) is 18.2 Å². The number of carboxylic acids is 1. The van der Waals surface area contributed by atoms with Crippen molar-refractivity contribution in [1.29, 1.82) is 0 Å². The number of anilines is 1. The van der Waals surface area contributed by atoms with Gasteiger partial charge in [0.15, 0.2) is 0 Å². The third kappa shape index (κ3) is 3.33. The summed E-state index contributed by atoms with van der Waals surface area (Å²) < 4.78 is 0. The van der Waals surface area contributed by atoms with Crippen LogP contribution in [-0.2, 0) is 6.54 Å². The van der Waals surface area contributed by atoms with Crippen molar-refractivity contribution in [2.45, 2.75) is 6.54 Å². The predicted octanol–water partition coefficient (Wildman–Crippen LogP) is 2.32. The summed E-state index contributed by atoms with van der Waals surface area (Å²) in [6, 6.07) is 7.33. The van der Waals surface area contributed by atoms with Gasteiger partial charge in [0.2, 0.25) is 0 Å². The molecule has 0 spiro atoms. The molecule has 0 fully saturated rings. The molecule has 0 unspecified atom stereocenters. The second-order valence-corrected chi connectivity index (χ2v) is 4.48. The number of aromatic nitrogens is 1. The Balaban J connectivity index is 2.37. The average Bonchev–Trinajstić information content (AvgIpc) is 2.47. The summed E-state index contributed by atoms with van der Waals surface area (Å²) in [4.78, 5) is 27.1. The monoisotopic (exact) mass is 287 g/mol. The lowest BCUT2D eigenvalue weighted by molar-refractivity contribution is -0.384. The third-order valence-corrected chi connectivity index (χ3v) is 3.00. The quantitative estimate of drug-likeness (QED) is 0.669. The van der Waals surface area contributed by atoms with Gasteiger partial charge in [0, 0.05) is 32.1 Å². The smallest absolute Gasteiger partial charge is 0.335 e. The van der Waals surface area contributed by atoms with Gasteiger partial charge in [-0.2, -0.15) is 0 Å². The molecule has 0 aliphatic heterocycles. The van der Waals surface area contributed by atoms with Gasteiger partial charge in [0.05, 0.1) is 10.5 Å². The number of nitro groups is 1. The van der Waals surface area contributed by atoms with Crippen LogP contribution < -0.4 is 4.90 Å². The highest BCUT2D eigenvalue weighted by atomic mass is 16.6. The average molecular weight is 287 g/mol. The first-order valence-electron chi connectivity index (χ1n) is 6.11. The molecule has 0 saturated carbocycles. The molecule has 1 N–H and O–H groups in total. The molecular formula is C14H13N3O4. The standard InChI is InChI=1S/C14H13N3O4/c1-16(9-10-4-6-15-7-5-10)13-8-11(14(18)19)2-3-12(13)17(20)21/h2-8H,9H2,1H3,(H,18,19). The maximum Gasteiger partial charge on any atom is 0.335 e. The molecule has 0 atom stereocenters. The van der Waals surface area contributed by atoms with Gasteiger partial charge in [0.1, 0.15) is 5.69 Å². The van der Waals surface area contributed by atoms with E-state index in [2.05, 4.69) is 4.98 Å². The van der Waals surface area contributed by atoms with Crippen LogP contribution >= 0.6 is 0 Å². The van der Waals surface area contributed by atoms with Crippen LogP contribution in [0.25, 0.3) is 0 Å². The summed E-state index contributed by atoms with van der Waals surface area (Å²) in [6.07, 6.45) is 3.26. The zero-order chi connectivity index (χ0) is 15.4. The molecule has 1 aromatic heterocycles. The summed E-state index contributed by atoms with van der Waals surface area (Å²) in [7, 11) is 1.67. The van der Waals surface area contributed by atoms with E-state index in [0.29, 0.717) is 6.54 Å². The van der Waals surface area contributed by atoms with Crippen LogP contribution in [0.5, 0.6) is 0 Å². The SMILES string of the molecule is CN(Cc1ccncc1)c1cc(C(=O)O)ccc1[N+](=O)[O-]. The Bertz CT molecular complexity index is 673. The van der Waals surface area contributed by atoms with Crippen LogP contribution in [0.4, 0.5) is 11.4 Å². The summed E-state index contributed by atoms with van der Waals surface area (Å²) in [6.45, 7) is 0.409. The van der Waals surface area contributed by atoms with Crippen molar-refractivity contribution in [1.82, 2.24) is 4.98 Å². The predicted molar refractivity (Wildman–Crippen MR) is 76.4 cm³/mol. The summed E-state index contributed by atoms with van der Waals surface area (Å²) in [5.41, 5.74) is 1.06. The first-order chi connectivity index (χ1) is 9.99. The Kier molecular flexibility index (Phi) is 4.13. The minimum atomic E-state index is -1.12. The highest BCUT2D eigenvalue weighted by Gasteiger charge is 2.19. The van der Waals surface area contributed by atoms with Crippen molar-refractivity contribution in [3.05, 3.63) is 64.0 Å². The minimum absolute atomic E-state index is 0.0113. The lowest BCUT2D eigenvalue weighted by Crippen LogP contribution is -2.18. The van der Waals surface area contributed by atoms with Gasteiger partial charge >= 0.3 is 5.97 Å². The molecule has 0 radical (unpaired) electrons. The van der Waals surface area contributed by atoms with Gasteiger partial charge in [-0.15, -0.1) is 0 Å². The fourth-order valence-electron chi connectivity index (χ4n) is 1.96. The Morgan fingerprint density at radius 3 is 2.57 bits per heavy atom. The highest BCUT2D eigenvalue weighted by molar-refractivity contribution is 5.90. The molecule has 21 heavy (non-hydrogen) atoms. The fourth-order valence-corrected chi connectivity index (χ4v) is 1.96. The summed E-state index contributed by atoms with van der Waals surface area (Å²) in [5, 5.41) is 20.1. The second-order valence-electron chi connectivity index (χ2n) is 4.48. The molecule has 1 aromatic carbocycles. The molecule has 2 aromatic rings. The van der Waals surface area contributed by atoms with E-state index >= 15 is 0 Å². The summed E-state index contributed by atoms with van der Waals surface area (Å²) in [5.74, 6) is -1.12. The third-order valence-electron chi connectivity index (χ3n) is 3.00. The molecule has 0 bridgehead atoms. The normalized spacial score (nSPS) is 10.1. The number of hydrogen-bond donors (Lipinski definition) is 1. The van der Waals surface area contributed by atoms with Gasteiger partial charge in [-0.1, -0.05) is 0 Å². The fraction of sp³-hybridized carbons (Fsp3) is 0.143. The van der Waals surface area contributed by atoms with Crippen molar-refractivity contribution in [3.63, 3.8) is 0 Å². The zero-order valence-corrected chi connectivity index (χ0v) is 11.3. The Morgan fingerprint density at radius 1 is 1.33 bits per heavy atom. The van der Waals surface area contributed by atoms with Gasteiger partial charge in [-0.05, 0) is 29.8 Å². The van der Waals surface area contributed by atoms with E-state index in [0.717, 1.165) is 5.56 Å². The first kappa shape index (κ1) is 14.4. The van der Waals surface area contributed by atoms with E-state index in [1.807, 2.05) is 0 Å². The Labute approximate surface area is 120 Å². The lowest BCUT2D eigenvalue weighted by atomic mass is 10.1. The maximum absolute atomic E-state index is 11.1.